The van der Waals surface area contributed by atoms with Crippen molar-refractivity contribution in [1.82, 2.24) is 4.57 Å². The smallest absolute Gasteiger partial charge is 0.266 e. The lowest BCUT2D eigenvalue weighted by atomic mass is 10.1. The second-order valence-corrected chi connectivity index (χ2v) is 7.00. The van der Waals surface area contributed by atoms with Crippen molar-refractivity contribution in [3.63, 3.8) is 0 Å². The number of nitrogens with one attached hydrogen (secondary N) is 1. The van der Waals surface area contributed by atoms with Gasteiger partial charge in [-0.3, -0.25) is 4.79 Å². The average molecular weight is 347 g/mol. The van der Waals surface area contributed by atoms with Crippen molar-refractivity contribution in [2.24, 2.45) is 0 Å². The highest BCUT2D eigenvalue weighted by molar-refractivity contribution is 6.09. The minimum atomic E-state index is -0.369. The predicted octanol–water partition coefficient (Wildman–Crippen LogP) is 4.94. The predicted molar refractivity (Wildman–Crippen MR) is 105 cm³/mol. The summed E-state index contributed by atoms with van der Waals surface area (Å²) in [4.78, 5) is 12.5. The molecule has 1 aliphatic carbocycles. The second-order valence-electron chi connectivity index (χ2n) is 7.00. The first-order valence-corrected chi connectivity index (χ1v) is 9.24. The van der Waals surface area contributed by atoms with Crippen LogP contribution in [0.3, 0.4) is 0 Å². The molecule has 1 aliphatic rings. The van der Waals surface area contributed by atoms with Crippen molar-refractivity contribution in [3.05, 3.63) is 58.4 Å². The Labute approximate surface area is 155 Å². The molecule has 0 bridgehead atoms. The molecule has 1 amide bonds. The lowest BCUT2D eigenvalue weighted by molar-refractivity contribution is -0.112. The lowest BCUT2D eigenvalue weighted by Gasteiger charge is -2.07. The van der Waals surface area contributed by atoms with Crippen molar-refractivity contribution in [1.29, 1.82) is 5.26 Å². The summed E-state index contributed by atoms with van der Waals surface area (Å²) in [5, 5.41) is 12.3. The first-order valence-electron chi connectivity index (χ1n) is 9.24. The van der Waals surface area contributed by atoms with E-state index in [1.54, 1.807) is 6.08 Å². The molecule has 0 radical (unpaired) electrons. The molecule has 0 aliphatic heterocycles. The highest BCUT2D eigenvalue weighted by atomic mass is 16.1. The number of carbonyl (C=O) groups is 1. The van der Waals surface area contributed by atoms with E-state index >= 15 is 0 Å². The minimum absolute atomic E-state index is 0.124. The molecule has 0 atom stereocenters. The fourth-order valence-corrected chi connectivity index (χ4v) is 3.39. The van der Waals surface area contributed by atoms with Gasteiger partial charge in [-0.1, -0.05) is 25.5 Å². The molecule has 134 valence electrons. The maximum atomic E-state index is 12.5. The number of benzene rings is 1. The molecular formula is C22H25N3O. The van der Waals surface area contributed by atoms with Crippen LogP contribution in [0.25, 0.3) is 6.08 Å². The zero-order chi connectivity index (χ0) is 18.7. The number of aryl methyl sites for hydroxylation is 2. The monoisotopic (exact) mass is 347 g/mol. The summed E-state index contributed by atoms with van der Waals surface area (Å²) in [5.41, 5.74) is 5.32. The van der Waals surface area contributed by atoms with E-state index in [9.17, 15) is 10.1 Å². The van der Waals surface area contributed by atoms with Gasteiger partial charge in [-0.2, -0.15) is 5.26 Å². The average Bonchev–Trinajstić information content (AvgIpc) is 3.41. The fraction of sp³-hybridized carbons (Fsp3) is 0.364. The summed E-state index contributed by atoms with van der Waals surface area (Å²) in [5.74, 6) is -0.369. The van der Waals surface area contributed by atoms with Gasteiger partial charge in [-0.05, 0) is 68.5 Å². The van der Waals surface area contributed by atoms with Gasteiger partial charge in [0.2, 0.25) is 0 Å². The van der Waals surface area contributed by atoms with Crippen molar-refractivity contribution in [2.75, 3.05) is 5.32 Å². The van der Waals surface area contributed by atoms with Crippen LogP contribution in [0, 0.1) is 25.2 Å². The van der Waals surface area contributed by atoms with Gasteiger partial charge < -0.3 is 9.88 Å². The molecule has 1 N–H and O–H groups in total. The normalized spacial score (nSPS) is 14.2. The minimum Gasteiger partial charge on any atom is -0.346 e. The number of hydrogen-bond acceptors (Lipinski definition) is 2. The van der Waals surface area contributed by atoms with Gasteiger partial charge in [0.15, 0.2) is 0 Å². The molecule has 2 aromatic rings. The largest absolute Gasteiger partial charge is 0.346 e. The van der Waals surface area contributed by atoms with E-state index in [4.69, 9.17) is 0 Å². The van der Waals surface area contributed by atoms with E-state index in [0.717, 1.165) is 24.1 Å². The Morgan fingerprint density at radius 2 is 2.00 bits per heavy atom. The topological polar surface area (TPSA) is 57.8 Å². The molecule has 1 aromatic heterocycles. The molecule has 1 aromatic carbocycles. The SMILES string of the molecule is CCCc1ccc(NC(=O)C(C#N)=Cc2cc(C)n(C3CC3)c2C)cc1. The van der Waals surface area contributed by atoms with E-state index in [-0.39, 0.29) is 11.5 Å². The van der Waals surface area contributed by atoms with Crippen LogP contribution < -0.4 is 5.32 Å². The third-order valence-corrected chi connectivity index (χ3v) is 4.85. The van der Waals surface area contributed by atoms with E-state index in [1.807, 2.05) is 30.3 Å². The van der Waals surface area contributed by atoms with E-state index in [1.165, 1.54) is 24.1 Å². The van der Waals surface area contributed by atoms with Gasteiger partial charge in [0.1, 0.15) is 11.6 Å². The Hall–Kier alpha value is -2.80. The summed E-state index contributed by atoms with van der Waals surface area (Å²) in [6.45, 7) is 6.27. The molecule has 4 nitrogen and oxygen atoms in total. The van der Waals surface area contributed by atoms with Crippen LogP contribution in [0.1, 0.15) is 54.7 Å². The van der Waals surface area contributed by atoms with Gasteiger partial charge in [0, 0.05) is 23.1 Å². The summed E-state index contributed by atoms with van der Waals surface area (Å²) < 4.78 is 2.31. The van der Waals surface area contributed by atoms with Crippen LogP contribution in [0.2, 0.25) is 0 Å². The third kappa shape index (κ3) is 3.88. The third-order valence-electron chi connectivity index (χ3n) is 4.85. The van der Waals surface area contributed by atoms with E-state index in [2.05, 4.69) is 36.7 Å². The van der Waals surface area contributed by atoms with Crippen LogP contribution in [-0.4, -0.2) is 10.5 Å². The molecule has 26 heavy (non-hydrogen) atoms. The lowest BCUT2D eigenvalue weighted by Crippen LogP contribution is -2.13. The number of amides is 1. The Balaban J connectivity index is 1.78. The van der Waals surface area contributed by atoms with Crippen molar-refractivity contribution in [3.8, 4) is 6.07 Å². The standard InChI is InChI=1S/C22H25N3O/c1-4-5-17-6-8-20(9-7-17)24-22(26)19(14-23)13-18-12-15(2)25(16(18)3)21-10-11-21/h6-9,12-13,21H,4-5,10-11H2,1-3H3,(H,24,26). The van der Waals surface area contributed by atoms with Crippen molar-refractivity contribution < 1.29 is 4.79 Å². The van der Waals surface area contributed by atoms with Gasteiger partial charge in [-0.25, -0.2) is 0 Å². The number of carbonyl (C=O) groups excluding carboxylic acids is 1. The number of anilines is 1. The Morgan fingerprint density at radius 1 is 1.31 bits per heavy atom. The van der Waals surface area contributed by atoms with Gasteiger partial charge >= 0.3 is 0 Å². The van der Waals surface area contributed by atoms with Crippen LogP contribution in [0.5, 0.6) is 0 Å². The first-order chi connectivity index (χ1) is 12.5. The highest BCUT2D eigenvalue weighted by Gasteiger charge is 2.26. The summed E-state index contributed by atoms with van der Waals surface area (Å²) in [6, 6.07) is 12.5. The zero-order valence-electron chi connectivity index (χ0n) is 15.7. The summed E-state index contributed by atoms with van der Waals surface area (Å²) in [6.07, 6.45) is 6.22. The number of hydrogen-bond donors (Lipinski definition) is 1. The number of nitrogens with zero attached hydrogens (tertiary/aromatic N) is 2. The molecule has 1 saturated carbocycles. The van der Waals surface area contributed by atoms with E-state index < -0.39 is 0 Å². The molecule has 0 unspecified atom stereocenters. The van der Waals surface area contributed by atoms with Crippen molar-refractivity contribution >= 4 is 17.7 Å². The molecule has 0 spiro atoms. The second kappa shape index (κ2) is 7.61. The van der Waals surface area contributed by atoms with Gasteiger partial charge in [0.05, 0.1) is 0 Å². The van der Waals surface area contributed by atoms with Crippen LogP contribution >= 0.6 is 0 Å². The van der Waals surface area contributed by atoms with Crippen LogP contribution in [-0.2, 0) is 11.2 Å². The maximum absolute atomic E-state index is 12.5. The van der Waals surface area contributed by atoms with Gasteiger partial charge in [-0.15, -0.1) is 0 Å². The first kappa shape index (κ1) is 18.0. The highest BCUT2D eigenvalue weighted by Crippen LogP contribution is 2.38. The quantitative estimate of drug-likeness (QED) is 0.594. The van der Waals surface area contributed by atoms with Crippen molar-refractivity contribution in [2.45, 2.75) is 52.5 Å². The number of rotatable bonds is 6. The Morgan fingerprint density at radius 3 is 2.58 bits per heavy atom. The summed E-state index contributed by atoms with van der Waals surface area (Å²) in [7, 11) is 0. The van der Waals surface area contributed by atoms with Gasteiger partial charge in [0.25, 0.3) is 5.91 Å². The molecule has 0 saturated heterocycles. The maximum Gasteiger partial charge on any atom is 0.266 e. The van der Waals surface area contributed by atoms with E-state index in [0.29, 0.717) is 11.7 Å². The zero-order valence-corrected chi connectivity index (χ0v) is 15.7. The fourth-order valence-electron chi connectivity index (χ4n) is 3.39. The number of aromatic nitrogens is 1. The molecule has 1 fully saturated rings. The molecule has 1 heterocycles. The molecule has 3 rings (SSSR count). The molecule has 4 heteroatoms. The summed E-state index contributed by atoms with van der Waals surface area (Å²) >= 11 is 0. The number of nitriles is 1. The van der Waals surface area contributed by atoms with Crippen LogP contribution in [0.4, 0.5) is 5.69 Å². The Kier molecular flexibility index (Phi) is 5.27. The molecular weight excluding hydrogens is 322 g/mol. The Bertz CT molecular complexity index is 877. The van der Waals surface area contributed by atoms with Crippen LogP contribution in [0.15, 0.2) is 35.9 Å².